The highest BCUT2D eigenvalue weighted by Gasteiger charge is 2.14. The Labute approximate surface area is 103 Å². The van der Waals surface area contributed by atoms with Gasteiger partial charge in [0.1, 0.15) is 0 Å². The number of benzene rings is 1. The number of ketones is 1. The molecule has 1 heterocycles. The predicted octanol–water partition coefficient (Wildman–Crippen LogP) is 3.09. The third kappa shape index (κ3) is 3.45. The molecule has 0 saturated heterocycles. The van der Waals surface area contributed by atoms with Gasteiger partial charge in [0.05, 0.1) is 0 Å². The van der Waals surface area contributed by atoms with E-state index in [1.807, 2.05) is 30.5 Å². The minimum absolute atomic E-state index is 0.312. The summed E-state index contributed by atoms with van der Waals surface area (Å²) in [5, 5.41) is 3.10. The number of carbonyl (C=O) groups is 1. The van der Waals surface area contributed by atoms with E-state index in [0.29, 0.717) is 5.78 Å². The summed E-state index contributed by atoms with van der Waals surface area (Å²) in [6, 6.07) is 7.91. The Morgan fingerprint density at radius 2 is 1.94 bits per heavy atom. The lowest BCUT2D eigenvalue weighted by molar-refractivity contribution is 0.0972. The van der Waals surface area contributed by atoms with E-state index < -0.39 is 0 Å². The molecule has 1 aromatic rings. The van der Waals surface area contributed by atoms with Crippen LogP contribution in [0.5, 0.6) is 0 Å². The number of hydrogen-bond donors (Lipinski definition) is 1. The van der Waals surface area contributed by atoms with Gasteiger partial charge in [0.2, 0.25) is 0 Å². The van der Waals surface area contributed by atoms with Crippen molar-refractivity contribution in [2.24, 2.45) is 0 Å². The Morgan fingerprint density at radius 1 is 1.06 bits per heavy atom. The summed E-state index contributed by atoms with van der Waals surface area (Å²) in [4.78, 5) is 11.3. The van der Waals surface area contributed by atoms with Gasteiger partial charge in [-0.15, -0.1) is 0 Å². The van der Waals surface area contributed by atoms with Crippen LogP contribution >= 0.6 is 0 Å². The molecule has 0 atom stereocenters. The van der Waals surface area contributed by atoms with E-state index in [-0.39, 0.29) is 0 Å². The van der Waals surface area contributed by atoms with Crippen LogP contribution in [0.1, 0.15) is 41.6 Å². The number of fused-ring (bicyclic) bond motifs is 1. The molecule has 2 nitrogen and oxygen atoms in total. The van der Waals surface area contributed by atoms with Crippen molar-refractivity contribution in [1.82, 2.24) is 5.32 Å². The zero-order valence-electron chi connectivity index (χ0n) is 10.1. The second-order valence-corrected chi connectivity index (χ2v) is 4.43. The van der Waals surface area contributed by atoms with Crippen LogP contribution in [-0.4, -0.2) is 12.3 Å². The van der Waals surface area contributed by atoms with Gasteiger partial charge in [0.25, 0.3) is 0 Å². The van der Waals surface area contributed by atoms with Crippen LogP contribution in [0.25, 0.3) is 0 Å². The molecule has 2 aliphatic rings. The maximum absolute atomic E-state index is 11.3. The number of aryl methyl sites for hydroxylation is 1. The van der Waals surface area contributed by atoms with Gasteiger partial charge in [0, 0.05) is 18.5 Å². The van der Waals surface area contributed by atoms with Gasteiger partial charge in [-0.05, 0) is 37.4 Å². The quantitative estimate of drug-likeness (QED) is 0.740. The number of allylic oxidation sites excluding steroid dienone is 1. The van der Waals surface area contributed by atoms with Crippen molar-refractivity contribution in [3.8, 4) is 0 Å². The molecule has 0 saturated carbocycles. The molecule has 2 heteroatoms. The summed E-state index contributed by atoms with van der Waals surface area (Å²) in [6.07, 6.45) is 9.56. The van der Waals surface area contributed by atoms with E-state index in [4.69, 9.17) is 0 Å². The van der Waals surface area contributed by atoms with Crippen LogP contribution in [0.4, 0.5) is 0 Å². The third-order valence-corrected chi connectivity index (χ3v) is 3.10. The first kappa shape index (κ1) is 11.9. The summed E-state index contributed by atoms with van der Waals surface area (Å²) in [5.74, 6) is 0.312. The maximum Gasteiger partial charge on any atom is 0.163 e. The molecule has 0 unspecified atom stereocenters. The molecule has 0 radical (unpaired) electrons. The first-order valence-electron chi connectivity index (χ1n) is 6.37. The van der Waals surface area contributed by atoms with Crippen molar-refractivity contribution in [2.75, 3.05) is 6.54 Å². The van der Waals surface area contributed by atoms with Crippen LogP contribution in [0.3, 0.4) is 0 Å². The average Bonchev–Trinajstić information content (AvgIpc) is 2.42. The smallest absolute Gasteiger partial charge is 0.163 e. The van der Waals surface area contributed by atoms with Gasteiger partial charge >= 0.3 is 0 Å². The highest BCUT2D eigenvalue weighted by Crippen LogP contribution is 2.19. The second kappa shape index (κ2) is 6.24. The number of carbonyl (C=O) groups excluding carboxylic acids is 1. The molecule has 0 aromatic heterocycles. The maximum atomic E-state index is 11.3. The van der Waals surface area contributed by atoms with Gasteiger partial charge in [0.15, 0.2) is 5.78 Å². The lowest BCUT2D eigenvalue weighted by atomic mass is 9.91. The third-order valence-electron chi connectivity index (χ3n) is 3.10. The molecule has 1 aliphatic carbocycles. The fraction of sp³-hybridized carbons (Fsp3) is 0.400. The van der Waals surface area contributed by atoms with Crippen molar-refractivity contribution in [3.63, 3.8) is 0 Å². The molecular weight excluding hydrogens is 210 g/mol. The van der Waals surface area contributed by atoms with Crippen LogP contribution in [-0.2, 0) is 6.42 Å². The molecule has 90 valence electrons. The van der Waals surface area contributed by atoms with Crippen molar-refractivity contribution in [2.45, 2.75) is 32.1 Å². The zero-order valence-corrected chi connectivity index (χ0v) is 10.1. The van der Waals surface area contributed by atoms with E-state index in [9.17, 15) is 4.79 Å². The topological polar surface area (TPSA) is 29.1 Å². The SMILES string of the molecule is C1=CNCCC1.O=C1CCCc2ccccc21. The lowest BCUT2D eigenvalue weighted by Crippen LogP contribution is -2.09. The largest absolute Gasteiger partial charge is 0.391 e. The van der Waals surface area contributed by atoms with Crippen LogP contribution in [0.15, 0.2) is 36.5 Å². The summed E-state index contributed by atoms with van der Waals surface area (Å²) in [5.41, 5.74) is 2.17. The van der Waals surface area contributed by atoms with E-state index >= 15 is 0 Å². The number of nitrogens with one attached hydrogen (secondary N) is 1. The van der Waals surface area contributed by atoms with Gasteiger partial charge in [-0.3, -0.25) is 4.79 Å². The molecule has 1 aliphatic heterocycles. The highest BCUT2D eigenvalue weighted by atomic mass is 16.1. The van der Waals surface area contributed by atoms with Crippen LogP contribution in [0.2, 0.25) is 0 Å². The van der Waals surface area contributed by atoms with Gasteiger partial charge in [-0.1, -0.05) is 30.3 Å². The van der Waals surface area contributed by atoms with E-state index in [0.717, 1.165) is 31.4 Å². The van der Waals surface area contributed by atoms with Crippen molar-refractivity contribution in [3.05, 3.63) is 47.7 Å². The summed E-state index contributed by atoms with van der Waals surface area (Å²) < 4.78 is 0. The molecule has 0 amide bonds. The average molecular weight is 229 g/mol. The molecular formula is C15H19NO. The molecule has 0 bridgehead atoms. The number of hydrogen-bond acceptors (Lipinski definition) is 2. The summed E-state index contributed by atoms with van der Waals surface area (Å²) in [6.45, 7) is 1.16. The van der Waals surface area contributed by atoms with Gasteiger partial charge in [-0.25, -0.2) is 0 Å². The minimum Gasteiger partial charge on any atom is -0.391 e. The van der Waals surface area contributed by atoms with E-state index in [2.05, 4.69) is 11.4 Å². The summed E-state index contributed by atoms with van der Waals surface area (Å²) in [7, 11) is 0. The fourth-order valence-corrected chi connectivity index (χ4v) is 2.16. The Morgan fingerprint density at radius 3 is 2.53 bits per heavy atom. The molecule has 1 aromatic carbocycles. The Hall–Kier alpha value is -1.57. The van der Waals surface area contributed by atoms with Crippen molar-refractivity contribution < 1.29 is 4.79 Å². The van der Waals surface area contributed by atoms with Crippen molar-refractivity contribution >= 4 is 5.78 Å². The normalized spacial score (nSPS) is 17.5. The first-order chi connectivity index (χ1) is 8.38. The minimum atomic E-state index is 0.312. The van der Waals surface area contributed by atoms with Crippen molar-refractivity contribution in [1.29, 1.82) is 0 Å². The molecule has 17 heavy (non-hydrogen) atoms. The highest BCUT2D eigenvalue weighted by molar-refractivity contribution is 5.98. The predicted molar refractivity (Wildman–Crippen MR) is 70.1 cm³/mol. The first-order valence-corrected chi connectivity index (χ1v) is 6.37. The van der Waals surface area contributed by atoms with Gasteiger partial charge in [-0.2, -0.15) is 0 Å². The molecule has 0 fully saturated rings. The van der Waals surface area contributed by atoms with Gasteiger partial charge < -0.3 is 5.32 Å². The van der Waals surface area contributed by atoms with Crippen LogP contribution < -0.4 is 5.32 Å². The number of Topliss-reactive ketones (excluding diaryl/α,β-unsaturated/α-hetero) is 1. The molecule has 0 spiro atoms. The number of rotatable bonds is 0. The molecule has 1 N–H and O–H groups in total. The zero-order chi connectivity index (χ0) is 11.9. The summed E-state index contributed by atoms with van der Waals surface area (Å²) >= 11 is 0. The standard InChI is InChI=1S/C10H10O.C5H9N/c11-10-7-3-5-8-4-1-2-6-9(8)10;1-2-4-6-5-3-1/h1-2,4,6H,3,5,7H2;2,4,6H,1,3,5H2. The fourth-order valence-electron chi connectivity index (χ4n) is 2.16. The second-order valence-electron chi connectivity index (χ2n) is 4.43. The lowest BCUT2D eigenvalue weighted by Gasteiger charge is -2.12. The van der Waals surface area contributed by atoms with E-state index in [1.165, 1.54) is 18.4 Å². The monoisotopic (exact) mass is 229 g/mol. The molecule has 3 rings (SSSR count). The van der Waals surface area contributed by atoms with E-state index in [1.54, 1.807) is 0 Å². The van der Waals surface area contributed by atoms with Crippen LogP contribution in [0, 0.1) is 0 Å². The Bertz CT molecular complexity index is 401. The Balaban J connectivity index is 0.000000153. The Kier molecular flexibility index (Phi) is 4.37.